The average Bonchev–Trinajstić information content (AvgIpc) is 3.54. The van der Waals surface area contributed by atoms with Gasteiger partial charge in [-0.15, -0.1) is 0 Å². The summed E-state index contributed by atoms with van der Waals surface area (Å²) in [6, 6.07) is 58.3. The van der Waals surface area contributed by atoms with Gasteiger partial charge in [-0.3, -0.25) is 0 Å². The summed E-state index contributed by atoms with van der Waals surface area (Å²) in [5, 5.41) is 2.56. The van der Waals surface area contributed by atoms with E-state index >= 15 is 0 Å². The smallest absolute Gasteiger partial charge is 0.0502 e. The maximum atomic E-state index is 2.68. The second-order valence-electron chi connectivity index (χ2n) is 20.4. The molecule has 1 heteroatoms. The minimum absolute atomic E-state index is 0.0576. The van der Waals surface area contributed by atoms with Crippen molar-refractivity contribution in [2.75, 3.05) is 4.90 Å². The van der Waals surface area contributed by atoms with Crippen LogP contribution >= 0.6 is 0 Å². The van der Waals surface area contributed by atoms with E-state index in [2.05, 4.69) is 184 Å². The van der Waals surface area contributed by atoms with Crippen molar-refractivity contribution >= 4 is 27.8 Å². The summed E-state index contributed by atoms with van der Waals surface area (Å²) >= 11 is 0. The highest BCUT2D eigenvalue weighted by Crippen LogP contribution is 2.69. The van der Waals surface area contributed by atoms with Crippen LogP contribution in [0.2, 0.25) is 0 Å². The van der Waals surface area contributed by atoms with Gasteiger partial charge in [0.1, 0.15) is 0 Å². The molecule has 0 radical (unpaired) electrons. The molecule has 0 amide bonds. The molecule has 13 rings (SSSR count). The van der Waals surface area contributed by atoms with Crippen molar-refractivity contribution < 1.29 is 0 Å². The topological polar surface area (TPSA) is 3.24 Å². The van der Waals surface area contributed by atoms with E-state index in [1.165, 1.54) is 117 Å². The predicted molar refractivity (Wildman–Crippen MR) is 248 cm³/mol. The summed E-state index contributed by atoms with van der Waals surface area (Å²) in [6.45, 7) is 9.88. The molecule has 6 aliphatic carbocycles. The van der Waals surface area contributed by atoms with Gasteiger partial charge in [-0.2, -0.15) is 0 Å². The number of rotatable bonds is 5. The first-order valence-electron chi connectivity index (χ1n) is 22.6. The lowest BCUT2D eigenvalue weighted by molar-refractivity contribution is -0.0399. The Bertz CT molecular complexity index is 2750. The van der Waals surface area contributed by atoms with E-state index in [1.54, 1.807) is 11.1 Å². The Morgan fingerprint density at radius 3 is 1.71 bits per heavy atom. The zero-order valence-electron chi connectivity index (χ0n) is 35.1. The largest absolute Gasteiger partial charge is 0.310 e. The molecule has 4 bridgehead atoms. The van der Waals surface area contributed by atoms with E-state index in [4.69, 9.17) is 0 Å². The molecule has 0 saturated heterocycles. The van der Waals surface area contributed by atoms with Crippen LogP contribution in [0, 0.1) is 23.7 Å². The summed E-state index contributed by atoms with van der Waals surface area (Å²) in [5.41, 5.74) is 18.4. The first-order valence-corrected chi connectivity index (χ1v) is 22.6. The lowest BCUT2D eigenvalue weighted by Gasteiger charge is -2.61. The Hall–Kier alpha value is -5.40. The molecule has 7 aromatic rings. The van der Waals surface area contributed by atoms with Crippen molar-refractivity contribution in [3.63, 3.8) is 0 Å². The molecule has 59 heavy (non-hydrogen) atoms. The van der Waals surface area contributed by atoms with E-state index in [0.717, 1.165) is 23.7 Å². The van der Waals surface area contributed by atoms with Crippen molar-refractivity contribution in [1.82, 2.24) is 0 Å². The zero-order valence-corrected chi connectivity index (χ0v) is 35.1. The number of hydrogen-bond acceptors (Lipinski definition) is 1. The Kier molecular flexibility index (Phi) is 7.71. The highest BCUT2D eigenvalue weighted by Gasteiger charge is 2.61. The first kappa shape index (κ1) is 35.5. The first-order chi connectivity index (χ1) is 28.7. The molecule has 1 spiro atoms. The van der Waals surface area contributed by atoms with Crippen LogP contribution in [0.25, 0.3) is 44.2 Å². The number of benzene rings is 7. The quantitative estimate of drug-likeness (QED) is 0.169. The molecule has 6 aliphatic rings. The molecular formula is C58H55N. The van der Waals surface area contributed by atoms with Crippen molar-refractivity contribution in [3.8, 4) is 33.4 Å². The highest BCUT2D eigenvalue weighted by molar-refractivity contribution is 5.89. The van der Waals surface area contributed by atoms with Crippen LogP contribution < -0.4 is 4.90 Å². The zero-order chi connectivity index (χ0) is 39.7. The number of anilines is 3. The molecule has 0 heterocycles. The second-order valence-corrected chi connectivity index (χ2v) is 20.4. The van der Waals surface area contributed by atoms with Crippen LogP contribution in [0.15, 0.2) is 152 Å². The van der Waals surface area contributed by atoms with Gasteiger partial charge in [-0.05, 0) is 182 Å². The van der Waals surface area contributed by atoms with Crippen LogP contribution in [-0.2, 0) is 16.2 Å². The molecular weight excluding hydrogens is 711 g/mol. The van der Waals surface area contributed by atoms with Gasteiger partial charge in [0.05, 0.1) is 5.69 Å². The van der Waals surface area contributed by atoms with E-state index in [0.29, 0.717) is 0 Å². The van der Waals surface area contributed by atoms with Crippen molar-refractivity contribution in [3.05, 3.63) is 174 Å². The Labute approximate surface area is 351 Å². The maximum absolute atomic E-state index is 2.68. The van der Waals surface area contributed by atoms with Crippen LogP contribution in [-0.4, -0.2) is 0 Å². The molecule has 0 aromatic heterocycles. The third-order valence-electron chi connectivity index (χ3n) is 16.3. The lowest BCUT2D eigenvalue weighted by atomic mass is 9.43. The lowest BCUT2D eigenvalue weighted by Crippen LogP contribution is -2.55. The van der Waals surface area contributed by atoms with Crippen molar-refractivity contribution in [2.45, 2.75) is 88.9 Å². The molecule has 7 aromatic carbocycles. The summed E-state index contributed by atoms with van der Waals surface area (Å²) < 4.78 is 0. The van der Waals surface area contributed by atoms with Gasteiger partial charge >= 0.3 is 0 Å². The average molecular weight is 766 g/mol. The fourth-order valence-electron chi connectivity index (χ4n) is 13.6. The van der Waals surface area contributed by atoms with Crippen molar-refractivity contribution in [2.24, 2.45) is 23.7 Å². The molecule has 4 fully saturated rings. The Morgan fingerprint density at radius 1 is 0.424 bits per heavy atom. The molecule has 0 atom stereocenters. The van der Waals surface area contributed by atoms with Crippen molar-refractivity contribution in [1.29, 1.82) is 0 Å². The van der Waals surface area contributed by atoms with Gasteiger partial charge in [0.15, 0.2) is 0 Å². The van der Waals surface area contributed by atoms with E-state index in [9.17, 15) is 0 Å². The number of fused-ring (bicyclic) bond motifs is 5. The molecule has 4 saturated carbocycles. The normalized spacial score (nSPS) is 25.2. The molecule has 1 nitrogen and oxygen atoms in total. The van der Waals surface area contributed by atoms with E-state index in [-0.39, 0.29) is 16.2 Å². The monoisotopic (exact) mass is 765 g/mol. The maximum Gasteiger partial charge on any atom is 0.0502 e. The minimum atomic E-state index is 0.0576. The Balaban J connectivity index is 0.989. The standard InChI is InChI=1S/C58H55N/c1-56(2)28-29-57(3,4)55-52(56)14-9-15-54(55)59(47-24-22-41(23-25-47)40-16-18-42(19-17-40)44-21-20-39-10-5-6-11-43(39)35-44)48-26-27-50-49-12-7-8-13-51(49)58(53(50)36-48)45-31-37-30-38(33-45)34-46(58)32-37/h5-27,35-38,45-46H,28-34H2,1-4H3. The van der Waals surface area contributed by atoms with Gasteiger partial charge in [0, 0.05) is 16.8 Å². The number of hydrogen-bond donors (Lipinski definition) is 0. The van der Waals surface area contributed by atoms with Crippen LogP contribution in [0.1, 0.15) is 94.9 Å². The summed E-state index contributed by atoms with van der Waals surface area (Å²) in [6.07, 6.45) is 9.45. The fourth-order valence-corrected chi connectivity index (χ4v) is 13.6. The number of nitrogens with zero attached hydrogens (tertiary/aromatic N) is 1. The van der Waals surface area contributed by atoms with Gasteiger partial charge in [-0.1, -0.05) is 143 Å². The second kappa shape index (κ2) is 12.8. The van der Waals surface area contributed by atoms with Gasteiger partial charge in [-0.25, -0.2) is 0 Å². The highest BCUT2D eigenvalue weighted by atomic mass is 15.1. The molecule has 0 aliphatic heterocycles. The third kappa shape index (κ3) is 5.29. The third-order valence-corrected chi connectivity index (χ3v) is 16.3. The predicted octanol–water partition coefficient (Wildman–Crippen LogP) is 15.7. The van der Waals surface area contributed by atoms with Gasteiger partial charge < -0.3 is 4.90 Å². The summed E-state index contributed by atoms with van der Waals surface area (Å²) in [4.78, 5) is 2.64. The van der Waals surface area contributed by atoms with Crippen LogP contribution in [0.4, 0.5) is 17.1 Å². The van der Waals surface area contributed by atoms with E-state index in [1.807, 2.05) is 0 Å². The molecule has 0 N–H and O–H groups in total. The van der Waals surface area contributed by atoms with E-state index < -0.39 is 0 Å². The fraction of sp³-hybridized carbons (Fsp3) is 0.310. The van der Waals surface area contributed by atoms with Gasteiger partial charge in [0.2, 0.25) is 0 Å². The van der Waals surface area contributed by atoms with Gasteiger partial charge in [0.25, 0.3) is 0 Å². The van der Waals surface area contributed by atoms with Crippen LogP contribution in [0.3, 0.4) is 0 Å². The molecule has 0 unspecified atom stereocenters. The summed E-state index contributed by atoms with van der Waals surface area (Å²) in [7, 11) is 0. The molecule has 292 valence electrons. The summed E-state index contributed by atoms with van der Waals surface area (Å²) in [5.74, 6) is 3.32. The van der Waals surface area contributed by atoms with Crippen LogP contribution in [0.5, 0.6) is 0 Å². The minimum Gasteiger partial charge on any atom is -0.310 e. The SMILES string of the molecule is CC1(C)CCC(C)(C)c2c(N(c3ccc(-c4ccc(-c5ccc6ccccc6c5)cc4)cc3)c3ccc4c(c3)C3(c5ccccc5-4)C4CC5CC(C4)CC3C5)cccc21. The Morgan fingerprint density at radius 2 is 0.983 bits per heavy atom.